The molecule has 1 aromatic heterocycles. The first-order chi connectivity index (χ1) is 6.78. The smallest absolute Gasteiger partial charge is 0.142 e. The highest BCUT2D eigenvalue weighted by Gasteiger charge is 2.39. The Hall–Kier alpha value is -0.940. The van der Waals surface area contributed by atoms with Crippen LogP contribution in [0.5, 0.6) is 0 Å². The SMILES string of the molecule is COCC1(c2nncn2C)CCNC1. The van der Waals surface area contributed by atoms with E-state index in [2.05, 4.69) is 15.5 Å². The van der Waals surface area contributed by atoms with E-state index in [1.165, 1.54) is 0 Å². The number of nitrogens with one attached hydrogen (secondary N) is 1. The second-order valence-electron chi connectivity index (χ2n) is 3.91. The molecule has 0 spiro atoms. The van der Waals surface area contributed by atoms with Crippen LogP contribution in [-0.2, 0) is 17.2 Å². The molecular weight excluding hydrogens is 180 g/mol. The Morgan fingerprint density at radius 2 is 2.57 bits per heavy atom. The third kappa shape index (κ3) is 1.42. The van der Waals surface area contributed by atoms with Gasteiger partial charge in [-0.3, -0.25) is 0 Å². The molecule has 1 saturated heterocycles. The summed E-state index contributed by atoms with van der Waals surface area (Å²) in [5.74, 6) is 1.02. The lowest BCUT2D eigenvalue weighted by molar-refractivity contribution is 0.132. The maximum atomic E-state index is 5.29. The van der Waals surface area contributed by atoms with E-state index in [0.717, 1.165) is 25.3 Å². The molecule has 1 aliphatic rings. The van der Waals surface area contributed by atoms with Gasteiger partial charge in [0.05, 0.1) is 12.0 Å². The molecule has 1 atom stereocenters. The molecule has 1 fully saturated rings. The first-order valence-corrected chi connectivity index (χ1v) is 4.83. The summed E-state index contributed by atoms with van der Waals surface area (Å²) in [5.41, 5.74) is 0.0139. The first kappa shape index (κ1) is 9.61. The number of hydrogen-bond donors (Lipinski definition) is 1. The number of rotatable bonds is 3. The van der Waals surface area contributed by atoms with Crippen LogP contribution in [0, 0.1) is 0 Å². The van der Waals surface area contributed by atoms with Gasteiger partial charge >= 0.3 is 0 Å². The van der Waals surface area contributed by atoms with Crippen LogP contribution in [0.1, 0.15) is 12.2 Å². The van der Waals surface area contributed by atoms with E-state index < -0.39 is 0 Å². The van der Waals surface area contributed by atoms with Crippen LogP contribution < -0.4 is 5.32 Å². The van der Waals surface area contributed by atoms with Gasteiger partial charge in [0.25, 0.3) is 0 Å². The quantitative estimate of drug-likeness (QED) is 0.720. The lowest BCUT2D eigenvalue weighted by Crippen LogP contribution is -2.36. The monoisotopic (exact) mass is 196 g/mol. The van der Waals surface area contributed by atoms with Crippen LogP contribution in [0.25, 0.3) is 0 Å². The maximum absolute atomic E-state index is 5.29. The molecule has 2 heterocycles. The van der Waals surface area contributed by atoms with Gasteiger partial charge in [0, 0.05) is 20.7 Å². The van der Waals surface area contributed by atoms with Crippen LogP contribution in [0.15, 0.2) is 6.33 Å². The number of aromatic nitrogens is 3. The molecule has 0 saturated carbocycles. The standard InChI is InChI=1S/C9H16N4O/c1-13-7-11-12-8(13)9(6-14-2)3-4-10-5-9/h7,10H,3-6H2,1-2H3. The van der Waals surface area contributed by atoms with Gasteiger partial charge in [-0.25, -0.2) is 0 Å². The molecule has 1 aromatic rings. The zero-order chi connectivity index (χ0) is 10.0. The largest absolute Gasteiger partial charge is 0.384 e. The Morgan fingerprint density at radius 1 is 1.71 bits per heavy atom. The first-order valence-electron chi connectivity index (χ1n) is 4.83. The molecule has 2 rings (SSSR count). The van der Waals surface area contributed by atoms with E-state index in [1.54, 1.807) is 13.4 Å². The van der Waals surface area contributed by atoms with Crippen molar-refractivity contribution in [2.75, 3.05) is 26.8 Å². The lowest BCUT2D eigenvalue weighted by atomic mass is 9.87. The molecule has 0 aromatic carbocycles. The zero-order valence-electron chi connectivity index (χ0n) is 8.66. The molecular formula is C9H16N4O. The Labute approximate surface area is 83.5 Å². The Kier molecular flexibility index (Phi) is 2.52. The van der Waals surface area contributed by atoms with Gasteiger partial charge in [-0.05, 0) is 13.0 Å². The van der Waals surface area contributed by atoms with Crippen molar-refractivity contribution in [3.63, 3.8) is 0 Å². The van der Waals surface area contributed by atoms with Crippen LogP contribution >= 0.6 is 0 Å². The minimum absolute atomic E-state index is 0.0139. The van der Waals surface area contributed by atoms with Crippen molar-refractivity contribution in [3.05, 3.63) is 12.2 Å². The van der Waals surface area contributed by atoms with Crippen molar-refractivity contribution in [2.24, 2.45) is 7.05 Å². The van der Waals surface area contributed by atoms with Gasteiger partial charge in [-0.1, -0.05) is 0 Å². The second kappa shape index (κ2) is 3.67. The van der Waals surface area contributed by atoms with Crippen molar-refractivity contribution < 1.29 is 4.74 Å². The number of methoxy groups -OCH3 is 1. The average molecular weight is 196 g/mol. The third-order valence-electron chi connectivity index (χ3n) is 2.85. The molecule has 5 heteroatoms. The van der Waals surface area contributed by atoms with E-state index >= 15 is 0 Å². The molecule has 0 bridgehead atoms. The van der Waals surface area contributed by atoms with Crippen LogP contribution in [-0.4, -0.2) is 41.6 Å². The van der Waals surface area contributed by atoms with Crippen molar-refractivity contribution in [3.8, 4) is 0 Å². The van der Waals surface area contributed by atoms with Crippen LogP contribution in [0.2, 0.25) is 0 Å². The van der Waals surface area contributed by atoms with Gasteiger partial charge in [0.15, 0.2) is 0 Å². The molecule has 0 amide bonds. The topological polar surface area (TPSA) is 52.0 Å². The van der Waals surface area contributed by atoms with Gasteiger partial charge in [0.1, 0.15) is 12.2 Å². The van der Waals surface area contributed by atoms with Crippen LogP contribution in [0.4, 0.5) is 0 Å². The molecule has 78 valence electrons. The molecule has 0 aliphatic carbocycles. The molecule has 0 radical (unpaired) electrons. The van der Waals surface area contributed by atoms with Crippen molar-refractivity contribution in [2.45, 2.75) is 11.8 Å². The number of nitrogens with zero attached hydrogens (tertiary/aromatic N) is 3. The summed E-state index contributed by atoms with van der Waals surface area (Å²) in [6.45, 7) is 2.65. The minimum Gasteiger partial charge on any atom is -0.384 e. The number of aryl methyl sites for hydroxylation is 1. The lowest BCUT2D eigenvalue weighted by Gasteiger charge is -2.25. The predicted molar refractivity (Wildman–Crippen MR) is 52.0 cm³/mol. The zero-order valence-corrected chi connectivity index (χ0v) is 8.66. The normalized spacial score (nSPS) is 27.0. The summed E-state index contributed by atoms with van der Waals surface area (Å²) in [5, 5.41) is 11.5. The van der Waals surface area contributed by atoms with Crippen molar-refractivity contribution in [1.82, 2.24) is 20.1 Å². The minimum atomic E-state index is 0.0139. The third-order valence-corrected chi connectivity index (χ3v) is 2.85. The highest BCUT2D eigenvalue weighted by Crippen LogP contribution is 2.28. The summed E-state index contributed by atoms with van der Waals surface area (Å²) >= 11 is 0. The fourth-order valence-electron chi connectivity index (χ4n) is 2.16. The fourth-order valence-corrected chi connectivity index (χ4v) is 2.16. The van der Waals surface area contributed by atoms with E-state index in [1.807, 2.05) is 11.6 Å². The highest BCUT2D eigenvalue weighted by molar-refractivity contribution is 5.12. The molecule has 14 heavy (non-hydrogen) atoms. The summed E-state index contributed by atoms with van der Waals surface area (Å²) in [7, 11) is 3.71. The number of ether oxygens (including phenoxy) is 1. The van der Waals surface area contributed by atoms with E-state index in [4.69, 9.17) is 4.74 Å². The highest BCUT2D eigenvalue weighted by atomic mass is 16.5. The maximum Gasteiger partial charge on any atom is 0.142 e. The Balaban J connectivity index is 2.31. The number of hydrogen-bond acceptors (Lipinski definition) is 4. The van der Waals surface area contributed by atoms with Crippen molar-refractivity contribution >= 4 is 0 Å². The van der Waals surface area contributed by atoms with E-state index in [0.29, 0.717) is 6.61 Å². The summed E-state index contributed by atoms with van der Waals surface area (Å²) in [6.07, 6.45) is 2.80. The van der Waals surface area contributed by atoms with Crippen molar-refractivity contribution in [1.29, 1.82) is 0 Å². The van der Waals surface area contributed by atoms with Gasteiger partial charge in [-0.2, -0.15) is 0 Å². The van der Waals surface area contributed by atoms with Gasteiger partial charge in [0.2, 0.25) is 0 Å². The molecule has 1 unspecified atom stereocenters. The van der Waals surface area contributed by atoms with Gasteiger partial charge < -0.3 is 14.6 Å². The van der Waals surface area contributed by atoms with Gasteiger partial charge in [-0.15, -0.1) is 10.2 Å². The average Bonchev–Trinajstić information content (AvgIpc) is 2.75. The Bertz CT molecular complexity index is 304. The molecule has 5 nitrogen and oxygen atoms in total. The fraction of sp³-hybridized carbons (Fsp3) is 0.778. The summed E-state index contributed by atoms with van der Waals surface area (Å²) in [6, 6.07) is 0. The summed E-state index contributed by atoms with van der Waals surface area (Å²) < 4.78 is 7.26. The van der Waals surface area contributed by atoms with Crippen LogP contribution in [0.3, 0.4) is 0 Å². The van der Waals surface area contributed by atoms with E-state index in [-0.39, 0.29) is 5.41 Å². The van der Waals surface area contributed by atoms with E-state index in [9.17, 15) is 0 Å². The predicted octanol–water partition coefficient (Wildman–Crippen LogP) is -0.307. The second-order valence-corrected chi connectivity index (χ2v) is 3.91. The summed E-state index contributed by atoms with van der Waals surface area (Å²) in [4.78, 5) is 0. The Morgan fingerprint density at radius 3 is 3.07 bits per heavy atom. The molecule has 1 aliphatic heterocycles. The molecule has 1 N–H and O–H groups in total.